The van der Waals surface area contributed by atoms with Crippen LogP contribution in [0.15, 0.2) is 0 Å². The third-order valence-corrected chi connectivity index (χ3v) is 3.28. The van der Waals surface area contributed by atoms with Crippen molar-refractivity contribution in [2.45, 2.75) is 39.8 Å². The fourth-order valence-electron chi connectivity index (χ4n) is 2.10. The van der Waals surface area contributed by atoms with Crippen molar-refractivity contribution in [2.24, 2.45) is 0 Å². The lowest BCUT2D eigenvalue weighted by Gasteiger charge is -2.06. The van der Waals surface area contributed by atoms with Gasteiger partial charge in [0.1, 0.15) is 0 Å². The minimum absolute atomic E-state index is 0.739. The van der Waals surface area contributed by atoms with Crippen molar-refractivity contribution in [1.29, 1.82) is 0 Å². The van der Waals surface area contributed by atoms with Crippen molar-refractivity contribution in [3.63, 3.8) is 0 Å². The van der Waals surface area contributed by atoms with Crippen LogP contribution in [0.5, 0.6) is 0 Å². The van der Waals surface area contributed by atoms with Crippen LogP contribution in [0.25, 0.3) is 0 Å². The van der Waals surface area contributed by atoms with Gasteiger partial charge in [-0.05, 0) is 26.7 Å². The van der Waals surface area contributed by atoms with Gasteiger partial charge < -0.3 is 14.8 Å². The maximum absolute atomic E-state index is 5.06. The van der Waals surface area contributed by atoms with Gasteiger partial charge in [-0.15, -0.1) is 0 Å². The molecular formula is C14H27N3O2. The molecule has 5 nitrogen and oxygen atoms in total. The molecule has 0 saturated heterocycles. The molecule has 0 fully saturated rings. The zero-order valence-corrected chi connectivity index (χ0v) is 12.7. The number of hydrogen-bond donors (Lipinski definition) is 1. The highest BCUT2D eigenvalue weighted by Gasteiger charge is 2.10. The predicted molar refractivity (Wildman–Crippen MR) is 76.4 cm³/mol. The molecule has 110 valence electrons. The summed E-state index contributed by atoms with van der Waals surface area (Å²) in [4.78, 5) is 0. The van der Waals surface area contributed by atoms with Crippen molar-refractivity contribution in [3.8, 4) is 0 Å². The number of rotatable bonds is 10. The second-order valence-electron chi connectivity index (χ2n) is 4.74. The smallest absolute Gasteiger partial charge is 0.0641 e. The topological polar surface area (TPSA) is 48.3 Å². The summed E-state index contributed by atoms with van der Waals surface area (Å²) in [7, 11) is 3.46. The predicted octanol–water partition coefficient (Wildman–Crippen LogP) is 1.66. The zero-order valence-electron chi connectivity index (χ0n) is 12.7. The molecule has 0 aliphatic heterocycles. The lowest BCUT2D eigenvalue weighted by atomic mass is 10.2. The summed E-state index contributed by atoms with van der Waals surface area (Å²) in [6.45, 7) is 8.48. The minimum Gasteiger partial charge on any atom is -0.385 e. The van der Waals surface area contributed by atoms with Gasteiger partial charge in [0.2, 0.25) is 0 Å². The Morgan fingerprint density at radius 3 is 2.53 bits per heavy atom. The van der Waals surface area contributed by atoms with E-state index in [1.165, 1.54) is 11.3 Å². The van der Waals surface area contributed by atoms with E-state index in [9.17, 15) is 0 Å². The maximum atomic E-state index is 5.06. The Labute approximate surface area is 116 Å². The van der Waals surface area contributed by atoms with Crippen molar-refractivity contribution < 1.29 is 9.47 Å². The Hall–Kier alpha value is -0.910. The van der Waals surface area contributed by atoms with E-state index in [0.717, 1.165) is 51.4 Å². The number of methoxy groups -OCH3 is 2. The molecule has 0 amide bonds. The standard InChI is InChI=1S/C14H27N3O2/c1-12-14(11-15-7-10-19-4)13(2)17(16-12)8-5-6-9-18-3/h15H,5-11H2,1-4H3. The summed E-state index contributed by atoms with van der Waals surface area (Å²) in [6, 6.07) is 0. The molecule has 0 unspecified atom stereocenters. The van der Waals surface area contributed by atoms with Gasteiger partial charge in [0.05, 0.1) is 12.3 Å². The van der Waals surface area contributed by atoms with Crippen LogP contribution in [0.1, 0.15) is 29.8 Å². The molecule has 0 spiro atoms. The van der Waals surface area contributed by atoms with Gasteiger partial charge >= 0.3 is 0 Å². The number of ether oxygens (including phenoxy) is 2. The number of nitrogens with one attached hydrogen (secondary N) is 1. The summed E-state index contributed by atoms with van der Waals surface area (Å²) in [6.07, 6.45) is 2.18. The quantitative estimate of drug-likeness (QED) is 0.656. The van der Waals surface area contributed by atoms with Gasteiger partial charge in [-0.3, -0.25) is 4.68 Å². The van der Waals surface area contributed by atoms with E-state index < -0.39 is 0 Å². The van der Waals surface area contributed by atoms with Crippen LogP contribution in [0, 0.1) is 13.8 Å². The van der Waals surface area contributed by atoms with E-state index in [1.807, 2.05) is 0 Å². The molecule has 1 heterocycles. The van der Waals surface area contributed by atoms with Crippen molar-refractivity contribution in [3.05, 3.63) is 17.0 Å². The number of hydrogen-bond acceptors (Lipinski definition) is 4. The average molecular weight is 269 g/mol. The molecule has 5 heteroatoms. The van der Waals surface area contributed by atoms with Gasteiger partial charge in [-0.25, -0.2) is 0 Å². The molecule has 0 aliphatic carbocycles. The Morgan fingerprint density at radius 1 is 1.11 bits per heavy atom. The van der Waals surface area contributed by atoms with Crippen LogP contribution in [0.2, 0.25) is 0 Å². The molecule has 1 rings (SSSR count). The molecular weight excluding hydrogens is 242 g/mol. The SMILES string of the molecule is COCCCCn1nc(C)c(CNCCOC)c1C. The van der Waals surface area contributed by atoms with Crippen molar-refractivity contribution in [1.82, 2.24) is 15.1 Å². The van der Waals surface area contributed by atoms with Crippen LogP contribution in [0.4, 0.5) is 0 Å². The molecule has 1 aromatic rings. The average Bonchev–Trinajstić information content (AvgIpc) is 2.67. The number of aromatic nitrogens is 2. The first-order chi connectivity index (χ1) is 9.20. The van der Waals surface area contributed by atoms with E-state index in [1.54, 1.807) is 14.2 Å². The van der Waals surface area contributed by atoms with E-state index in [2.05, 4.69) is 28.9 Å². The van der Waals surface area contributed by atoms with E-state index in [-0.39, 0.29) is 0 Å². The maximum Gasteiger partial charge on any atom is 0.0641 e. The number of nitrogens with zero attached hydrogens (tertiary/aromatic N) is 2. The van der Waals surface area contributed by atoms with Crippen LogP contribution < -0.4 is 5.32 Å². The van der Waals surface area contributed by atoms with Crippen LogP contribution in [0.3, 0.4) is 0 Å². The highest BCUT2D eigenvalue weighted by atomic mass is 16.5. The summed E-state index contributed by atoms with van der Waals surface area (Å²) in [5.74, 6) is 0. The van der Waals surface area contributed by atoms with Crippen LogP contribution in [-0.4, -0.2) is 43.8 Å². The molecule has 0 aliphatic rings. The normalized spacial score (nSPS) is 11.2. The number of unbranched alkanes of at least 4 members (excludes halogenated alkanes) is 1. The minimum atomic E-state index is 0.739. The number of aryl methyl sites for hydroxylation is 2. The highest BCUT2D eigenvalue weighted by molar-refractivity contribution is 5.24. The molecule has 0 bridgehead atoms. The van der Waals surface area contributed by atoms with Gasteiger partial charge in [0, 0.05) is 51.7 Å². The fraction of sp³-hybridized carbons (Fsp3) is 0.786. The third-order valence-electron chi connectivity index (χ3n) is 3.28. The van der Waals surface area contributed by atoms with E-state index in [0.29, 0.717) is 0 Å². The first kappa shape index (κ1) is 16.1. The van der Waals surface area contributed by atoms with Gasteiger partial charge in [-0.1, -0.05) is 0 Å². The second kappa shape index (κ2) is 9.07. The molecule has 0 saturated carbocycles. The van der Waals surface area contributed by atoms with Crippen molar-refractivity contribution >= 4 is 0 Å². The van der Waals surface area contributed by atoms with E-state index >= 15 is 0 Å². The first-order valence-corrected chi connectivity index (χ1v) is 6.92. The lowest BCUT2D eigenvalue weighted by molar-refractivity contribution is 0.191. The van der Waals surface area contributed by atoms with E-state index in [4.69, 9.17) is 9.47 Å². The second-order valence-corrected chi connectivity index (χ2v) is 4.74. The largest absolute Gasteiger partial charge is 0.385 e. The molecule has 0 aromatic carbocycles. The Bertz CT molecular complexity index is 364. The third kappa shape index (κ3) is 5.30. The lowest BCUT2D eigenvalue weighted by Crippen LogP contribution is -2.19. The monoisotopic (exact) mass is 269 g/mol. The Morgan fingerprint density at radius 2 is 1.84 bits per heavy atom. The molecule has 19 heavy (non-hydrogen) atoms. The molecule has 0 radical (unpaired) electrons. The molecule has 1 aromatic heterocycles. The molecule has 0 atom stereocenters. The van der Waals surface area contributed by atoms with Crippen LogP contribution >= 0.6 is 0 Å². The van der Waals surface area contributed by atoms with Gasteiger partial charge in [0.15, 0.2) is 0 Å². The summed E-state index contributed by atoms with van der Waals surface area (Å²) in [5, 5.41) is 7.99. The summed E-state index contributed by atoms with van der Waals surface area (Å²) >= 11 is 0. The zero-order chi connectivity index (χ0) is 14.1. The fourth-order valence-corrected chi connectivity index (χ4v) is 2.10. The molecule has 1 N–H and O–H groups in total. The highest BCUT2D eigenvalue weighted by Crippen LogP contribution is 2.13. The van der Waals surface area contributed by atoms with Crippen molar-refractivity contribution in [2.75, 3.05) is 34.0 Å². The Balaban J connectivity index is 2.46. The summed E-state index contributed by atoms with van der Waals surface area (Å²) in [5.41, 5.74) is 3.69. The Kier molecular flexibility index (Phi) is 7.70. The first-order valence-electron chi connectivity index (χ1n) is 6.92. The van der Waals surface area contributed by atoms with Gasteiger partial charge in [-0.2, -0.15) is 5.10 Å². The summed E-state index contributed by atoms with van der Waals surface area (Å²) < 4.78 is 12.2. The van der Waals surface area contributed by atoms with Crippen LogP contribution in [-0.2, 0) is 22.6 Å². The van der Waals surface area contributed by atoms with Gasteiger partial charge in [0.25, 0.3) is 0 Å².